The first-order valence-electron chi connectivity index (χ1n) is 2.04. The van der Waals surface area contributed by atoms with Gasteiger partial charge in [-0.2, -0.15) is 0 Å². The van der Waals surface area contributed by atoms with Crippen molar-refractivity contribution >= 4 is 39.8 Å². The first-order valence-corrected chi connectivity index (χ1v) is 7.97. The molecule has 3 fully saturated rings. The van der Waals surface area contributed by atoms with Crippen LogP contribution in [0.4, 0.5) is 0 Å². The summed E-state index contributed by atoms with van der Waals surface area (Å²) >= 11 is 0. The number of hydrogen-bond donors (Lipinski definition) is 0. The maximum Gasteiger partial charge on any atom is 0.0355 e. The van der Waals surface area contributed by atoms with E-state index < -0.39 is 18.5 Å². The molecule has 0 atom stereocenters. The normalized spacial score (nSPS) is 84.3. The first-order chi connectivity index (χ1) is 3.12. The molecule has 3 heterocycles. The second-order valence-electron chi connectivity index (χ2n) is 2.23. The summed E-state index contributed by atoms with van der Waals surface area (Å²) in [5.41, 5.74) is 0. The largest absolute Gasteiger partial charge is 0.136 e. The van der Waals surface area contributed by atoms with Crippen LogP contribution in [0.2, 0.25) is 0 Å². The van der Waals surface area contributed by atoms with Gasteiger partial charge >= 0.3 is 0 Å². The van der Waals surface area contributed by atoms with E-state index >= 15 is 0 Å². The summed E-state index contributed by atoms with van der Waals surface area (Å²) in [6.07, 6.45) is 0. The Kier molecular flexibility index (Phi) is 0.789. The van der Waals surface area contributed by atoms with Crippen molar-refractivity contribution in [2.24, 2.45) is 0 Å². The van der Waals surface area contributed by atoms with Crippen LogP contribution in [0.25, 0.3) is 0 Å². The fourth-order valence-electron chi connectivity index (χ4n) is 1.03. The quantitative estimate of drug-likeness (QED) is 0.533. The van der Waals surface area contributed by atoms with Gasteiger partial charge in [0, 0.05) is 15.3 Å². The molecule has 0 aromatic rings. The number of hydrogen-bond acceptors (Lipinski definition) is 0. The Morgan fingerprint density at radius 3 is 1.14 bits per heavy atom. The smallest absolute Gasteiger partial charge is 0.0355 e. The minimum atomic E-state index is -0.519. The Hall–Kier alpha value is 1.28. The fraction of sp³-hybridized carbons (Fsp3) is 1.00. The van der Waals surface area contributed by atoms with E-state index in [0.29, 0.717) is 0 Å². The molecule has 4 heteroatoms. The highest BCUT2D eigenvalue weighted by Crippen LogP contribution is 2.98. The van der Waals surface area contributed by atoms with Crippen molar-refractivity contribution in [1.82, 2.24) is 0 Å². The summed E-state index contributed by atoms with van der Waals surface area (Å²) < 4.78 is 0. The molecule has 0 nitrogen and oxygen atoms in total. The molecule has 0 aliphatic carbocycles. The van der Waals surface area contributed by atoms with Crippen LogP contribution in [-0.2, 0) is 0 Å². The molecular weight excluding hydrogens is 171 g/mol. The van der Waals surface area contributed by atoms with E-state index in [1.807, 2.05) is 0 Å². The van der Waals surface area contributed by atoms with E-state index in [1.165, 1.54) is 15.3 Å². The third-order valence-electron chi connectivity index (χ3n) is 1.27. The summed E-state index contributed by atoms with van der Waals surface area (Å²) in [7, 11) is 10.9. The Morgan fingerprint density at radius 1 is 0.857 bits per heavy atom. The minimum absolute atomic E-state index is 0.519. The van der Waals surface area contributed by atoms with Crippen molar-refractivity contribution in [3.8, 4) is 0 Å². The second-order valence-corrected chi connectivity index (χ2v) is 12.7. The molecular formula is C3H6Cl2S2. The highest BCUT2D eigenvalue weighted by molar-refractivity contribution is 8.90. The van der Waals surface area contributed by atoms with Gasteiger partial charge < -0.3 is 0 Å². The lowest BCUT2D eigenvalue weighted by Gasteiger charge is -2.70. The van der Waals surface area contributed by atoms with E-state index in [9.17, 15) is 0 Å². The van der Waals surface area contributed by atoms with Crippen molar-refractivity contribution in [3.05, 3.63) is 0 Å². The Labute approximate surface area is 55.2 Å². The molecule has 0 amide bonds. The van der Waals surface area contributed by atoms with Crippen LogP contribution in [-0.4, -0.2) is 15.3 Å². The standard InChI is InChI=1S/C3H6Cl2S2/c4-6-1-7(5,2-6)3-6/h1-3H2. The molecule has 0 unspecified atom stereocenters. The Bertz CT molecular complexity index is 92.3. The van der Waals surface area contributed by atoms with Crippen molar-refractivity contribution in [2.45, 2.75) is 0 Å². The zero-order valence-electron chi connectivity index (χ0n) is 3.69. The van der Waals surface area contributed by atoms with Gasteiger partial charge in [0.1, 0.15) is 0 Å². The molecule has 0 aromatic heterocycles. The van der Waals surface area contributed by atoms with E-state index in [-0.39, 0.29) is 0 Å². The zero-order valence-corrected chi connectivity index (χ0v) is 6.84. The predicted octanol–water partition coefficient (Wildman–Crippen LogP) is 2.80. The van der Waals surface area contributed by atoms with Crippen molar-refractivity contribution in [2.75, 3.05) is 15.3 Å². The zero-order chi connectivity index (χ0) is 5.12. The second kappa shape index (κ2) is 1.08. The maximum atomic E-state index is 5.98. The first kappa shape index (κ1) is 5.10. The van der Waals surface area contributed by atoms with Crippen LogP contribution in [0.1, 0.15) is 0 Å². The summed E-state index contributed by atoms with van der Waals surface area (Å²) in [4.78, 5) is 0. The Morgan fingerprint density at radius 2 is 1.14 bits per heavy atom. The third kappa shape index (κ3) is 0.546. The van der Waals surface area contributed by atoms with Gasteiger partial charge in [0.15, 0.2) is 0 Å². The summed E-state index contributed by atoms with van der Waals surface area (Å²) in [5, 5.41) is 3.63. The lowest BCUT2D eigenvalue weighted by atomic mass is 11.7. The summed E-state index contributed by atoms with van der Waals surface area (Å²) in [6, 6.07) is 0. The van der Waals surface area contributed by atoms with Crippen molar-refractivity contribution in [3.63, 3.8) is 0 Å². The summed E-state index contributed by atoms with van der Waals surface area (Å²) in [6.45, 7) is 0. The monoisotopic (exact) mass is 176 g/mol. The Balaban J connectivity index is 2.16. The molecule has 0 N–H and O–H groups in total. The molecule has 3 rings (SSSR count). The predicted molar refractivity (Wildman–Crippen MR) is 41.5 cm³/mol. The molecule has 3 aliphatic rings. The van der Waals surface area contributed by atoms with Crippen LogP contribution >= 0.6 is 39.8 Å². The van der Waals surface area contributed by atoms with Gasteiger partial charge in [0.05, 0.1) is 0 Å². The average molecular weight is 177 g/mol. The number of halogens is 2. The van der Waals surface area contributed by atoms with E-state index in [1.54, 1.807) is 0 Å². The molecule has 3 saturated heterocycles. The van der Waals surface area contributed by atoms with Gasteiger partial charge in [-0.25, -0.2) is 0 Å². The van der Waals surface area contributed by atoms with E-state index in [2.05, 4.69) is 0 Å². The molecule has 0 saturated carbocycles. The van der Waals surface area contributed by atoms with Crippen LogP contribution in [0.5, 0.6) is 0 Å². The van der Waals surface area contributed by atoms with Crippen LogP contribution in [0.15, 0.2) is 0 Å². The molecule has 0 aromatic carbocycles. The molecule has 2 bridgehead atoms. The SMILES string of the molecule is ClS12CS(Cl)(C1)C2. The van der Waals surface area contributed by atoms with E-state index in [0.717, 1.165) is 0 Å². The van der Waals surface area contributed by atoms with Crippen molar-refractivity contribution < 1.29 is 0 Å². The molecule has 0 radical (unpaired) electrons. The maximum absolute atomic E-state index is 5.98. The van der Waals surface area contributed by atoms with Crippen LogP contribution < -0.4 is 0 Å². The van der Waals surface area contributed by atoms with Gasteiger partial charge in [-0.3, -0.25) is 0 Å². The highest BCUT2D eigenvalue weighted by Gasteiger charge is 2.59. The summed E-state index contributed by atoms with van der Waals surface area (Å²) in [5.74, 6) is 0. The topological polar surface area (TPSA) is 0 Å². The van der Waals surface area contributed by atoms with Crippen molar-refractivity contribution in [1.29, 1.82) is 0 Å². The molecule has 0 spiro atoms. The lowest BCUT2D eigenvalue weighted by molar-refractivity contribution is 1.69. The fourth-order valence-corrected chi connectivity index (χ4v) is 19.7. The van der Waals surface area contributed by atoms with Gasteiger partial charge in [-0.05, 0) is 0 Å². The van der Waals surface area contributed by atoms with Crippen LogP contribution in [0.3, 0.4) is 0 Å². The highest BCUT2D eigenvalue weighted by atomic mass is 35.7. The lowest BCUT2D eigenvalue weighted by Crippen LogP contribution is -2.40. The molecule has 44 valence electrons. The van der Waals surface area contributed by atoms with E-state index in [4.69, 9.17) is 21.4 Å². The number of rotatable bonds is 0. The van der Waals surface area contributed by atoms with Gasteiger partial charge in [-0.1, -0.05) is 21.4 Å². The van der Waals surface area contributed by atoms with Gasteiger partial charge in [0.25, 0.3) is 0 Å². The van der Waals surface area contributed by atoms with Crippen LogP contribution in [0, 0.1) is 0 Å². The minimum Gasteiger partial charge on any atom is -0.136 e. The van der Waals surface area contributed by atoms with Gasteiger partial charge in [0.2, 0.25) is 0 Å². The molecule has 7 heavy (non-hydrogen) atoms. The average Bonchev–Trinajstić information content (AvgIpc) is 1.27. The molecule has 3 aliphatic heterocycles. The third-order valence-corrected chi connectivity index (χ3v) is 16.2. The van der Waals surface area contributed by atoms with Gasteiger partial charge in [-0.15, -0.1) is 18.5 Å².